The normalized spacial score (nSPS) is 10.5. The first kappa shape index (κ1) is 16.2. The molecule has 0 saturated carbocycles. The van der Waals surface area contributed by atoms with Crippen molar-refractivity contribution in [2.75, 3.05) is 20.2 Å². The monoisotopic (exact) mass is 299 g/mol. The molecule has 4 nitrogen and oxygen atoms in total. The minimum Gasteiger partial charge on any atom is -0.396 e. The third kappa shape index (κ3) is 3.93. The number of aliphatic hydroxyl groups is 2. The lowest BCUT2D eigenvalue weighted by Gasteiger charge is -2.16. The summed E-state index contributed by atoms with van der Waals surface area (Å²) in [5, 5.41) is 18.0. The molecular weight excluding hydrogens is 278 g/mol. The molecule has 2 N–H and O–H groups in total. The van der Waals surface area contributed by atoms with Crippen molar-refractivity contribution in [3.05, 3.63) is 59.7 Å². The number of benzene rings is 2. The van der Waals surface area contributed by atoms with Gasteiger partial charge in [-0.1, -0.05) is 30.3 Å². The van der Waals surface area contributed by atoms with E-state index < -0.39 is 0 Å². The molecule has 0 heterocycles. The molecule has 0 radical (unpaired) electrons. The number of hydrogen-bond acceptors (Lipinski definition) is 3. The van der Waals surface area contributed by atoms with Crippen LogP contribution in [0.4, 0.5) is 0 Å². The summed E-state index contributed by atoms with van der Waals surface area (Å²) < 4.78 is 0. The molecule has 22 heavy (non-hydrogen) atoms. The zero-order valence-electron chi connectivity index (χ0n) is 12.7. The predicted molar refractivity (Wildman–Crippen MR) is 86.5 cm³/mol. The lowest BCUT2D eigenvalue weighted by molar-refractivity contribution is 0.0786. The van der Waals surface area contributed by atoms with Crippen molar-refractivity contribution < 1.29 is 15.0 Å². The van der Waals surface area contributed by atoms with Gasteiger partial charge < -0.3 is 15.1 Å². The molecular formula is C18H21NO3. The van der Waals surface area contributed by atoms with Crippen LogP contribution in [0.25, 0.3) is 11.1 Å². The number of aliphatic hydroxyl groups excluding tert-OH is 2. The fraction of sp³-hybridized carbons (Fsp3) is 0.278. The molecule has 0 aromatic heterocycles. The lowest BCUT2D eigenvalue weighted by atomic mass is 10.0. The highest BCUT2D eigenvalue weighted by Crippen LogP contribution is 2.21. The Morgan fingerprint density at radius 2 is 1.77 bits per heavy atom. The second-order valence-corrected chi connectivity index (χ2v) is 5.24. The highest BCUT2D eigenvalue weighted by Gasteiger charge is 2.11. The van der Waals surface area contributed by atoms with E-state index in [0.717, 1.165) is 16.7 Å². The summed E-state index contributed by atoms with van der Waals surface area (Å²) in [5.74, 6) is -0.0518. The van der Waals surface area contributed by atoms with Crippen molar-refractivity contribution in [2.24, 2.45) is 0 Å². The summed E-state index contributed by atoms with van der Waals surface area (Å²) in [6, 6.07) is 15.1. The van der Waals surface area contributed by atoms with Crippen LogP contribution in [-0.4, -0.2) is 41.2 Å². The van der Waals surface area contributed by atoms with Crippen LogP contribution in [0.15, 0.2) is 48.5 Å². The number of carbonyl (C=O) groups excluding carboxylic acids is 1. The Balaban J connectivity index is 2.14. The molecule has 116 valence electrons. The zero-order valence-corrected chi connectivity index (χ0v) is 12.7. The second-order valence-electron chi connectivity index (χ2n) is 5.24. The smallest absolute Gasteiger partial charge is 0.253 e. The van der Waals surface area contributed by atoms with Gasteiger partial charge in [0.2, 0.25) is 0 Å². The van der Waals surface area contributed by atoms with Gasteiger partial charge in [-0.3, -0.25) is 4.79 Å². The van der Waals surface area contributed by atoms with E-state index in [9.17, 15) is 9.90 Å². The Morgan fingerprint density at radius 1 is 1.05 bits per heavy atom. The number of carbonyl (C=O) groups is 1. The van der Waals surface area contributed by atoms with Crippen LogP contribution < -0.4 is 0 Å². The molecule has 0 spiro atoms. The fourth-order valence-corrected chi connectivity index (χ4v) is 2.28. The maximum Gasteiger partial charge on any atom is 0.253 e. The van der Waals surface area contributed by atoms with Crippen molar-refractivity contribution in [1.29, 1.82) is 0 Å². The molecule has 0 bridgehead atoms. The minimum absolute atomic E-state index is 0.0139. The fourth-order valence-electron chi connectivity index (χ4n) is 2.28. The van der Waals surface area contributed by atoms with Crippen LogP contribution in [0.3, 0.4) is 0 Å². The molecule has 0 aliphatic rings. The first-order valence-electron chi connectivity index (χ1n) is 7.32. The Morgan fingerprint density at radius 3 is 2.41 bits per heavy atom. The van der Waals surface area contributed by atoms with Gasteiger partial charge in [0.05, 0.1) is 6.61 Å². The topological polar surface area (TPSA) is 60.8 Å². The lowest BCUT2D eigenvalue weighted by Crippen LogP contribution is -2.28. The van der Waals surface area contributed by atoms with Crippen molar-refractivity contribution in [1.82, 2.24) is 4.90 Å². The van der Waals surface area contributed by atoms with E-state index in [1.807, 2.05) is 36.4 Å². The summed E-state index contributed by atoms with van der Waals surface area (Å²) >= 11 is 0. The number of amides is 1. The number of rotatable bonds is 6. The van der Waals surface area contributed by atoms with Crippen LogP contribution in [0.2, 0.25) is 0 Å². The number of nitrogens with zero attached hydrogens (tertiary/aromatic N) is 1. The van der Waals surface area contributed by atoms with E-state index >= 15 is 0 Å². The van der Waals surface area contributed by atoms with Crippen LogP contribution in [-0.2, 0) is 6.61 Å². The summed E-state index contributed by atoms with van der Waals surface area (Å²) in [6.07, 6.45) is 0.578. The van der Waals surface area contributed by atoms with Gasteiger partial charge in [0, 0.05) is 25.8 Å². The van der Waals surface area contributed by atoms with E-state index in [2.05, 4.69) is 0 Å². The highest BCUT2D eigenvalue weighted by molar-refractivity contribution is 5.94. The van der Waals surface area contributed by atoms with Gasteiger partial charge >= 0.3 is 0 Å². The average molecular weight is 299 g/mol. The highest BCUT2D eigenvalue weighted by atomic mass is 16.3. The second kappa shape index (κ2) is 7.73. The average Bonchev–Trinajstić information content (AvgIpc) is 2.59. The van der Waals surface area contributed by atoms with Crippen molar-refractivity contribution in [2.45, 2.75) is 13.0 Å². The molecule has 0 aliphatic carbocycles. The first-order chi connectivity index (χ1) is 10.7. The molecule has 1 amide bonds. The summed E-state index contributed by atoms with van der Waals surface area (Å²) in [7, 11) is 1.73. The Hall–Kier alpha value is -2.17. The van der Waals surface area contributed by atoms with Crippen LogP contribution in [0, 0.1) is 0 Å². The maximum atomic E-state index is 12.2. The summed E-state index contributed by atoms with van der Waals surface area (Å²) in [5.41, 5.74) is 3.51. The third-order valence-electron chi connectivity index (χ3n) is 3.57. The molecule has 0 fully saturated rings. The summed E-state index contributed by atoms with van der Waals surface area (Å²) in [6.45, 7) is 0.632. The predicted octanol–water partition coefficient (Wildman–Crippen LogP) is 2.30. The molecule has 0 aliphatic heterocycles. The molecule has 0 saturated heterocycles. The van der Waals surface area contributed by atoms with Crippen molar-refractivity contribution in [3.63, 3.8) is 0 Å². The van der Waals surface area contributed by atoms with E-state index in [1.165, 1.54) is 0 Å². The summed E-state index contributed by atoms with van der Waals surface area (Å²) in [4.78, 5) is 13.8. The van der Waals surface area contributed by atoms with Gasteiger partial charge in [0.1, 0.15) is 0 Å². The molecule has 2 rings (SSSR count). The molecule has 0 unspecified atom stereocenters. The van der Waals surface area contributed by atoms with E-state index in [-0.39, 0.29) is 19.1 Å². The Bertz CT molecular complexity index is 622. The van der Waals surface area contributed by atoms with Crippen LogP contribution in [0.1, 0.15) is 22.3 Å². The molecule has 2 aromatic rings. The van der Waals surface area contributed by atoms with Gasteiger partial charge in [0.15, 0.2) is 0 Å². The van der Waals surface area contributed by atoms with Gasteiger partial charge in [-0.25, -0.2) is 0 Å². The molecule has 0 atom stereocenters. The van der Waals surface area contributed by atoms with E-state index in [1.54, 1.807) is 24.1 Å². The van der Waals surface area contributed by atoms with Gasteiger partial charge in [-0.2, -0.15) is 0 Å². The van der Waals surface area contributed by atoms with E-state index in [4.69, 9.17) is 5.11 Å². The zero-order chi connectivity index (χ0) is 15.9. The SMILES string of the molecule is CN(CCCO)C(=O)c1ccc(-c2cccc(CO)c2)cc1. The first-order valence-corrected chi connectivity index (χ1v) is 7.32. The van der Waals surface area contributed by atoms with Crippen LogP contribution in [0.5, 0.6) is 0 Å². The minimum atomic E-state index is -0.0518. The van der Waals surface area contributed by atoms with Gasteiger partial charge in [-0.15, -0.1) is 0 Å². The largest absolute Gasteiger partial charge is 0.396 e. The van der Waals surface area contributed by atoms with Crippen LogP contribution >= 0.6 is 0 Å². The van der Waals surface area contributed by atoms with E-state index in [0.29, 0.717) is 18.5 Å². The third-order valence-corrected chi connectivity index (χ3v) is 3.57. The maximum absolute atomic E-state index is 12.2. The van der Waals surface area contributed by atoms with Crippen molar-refractivity contribution >= 4 is 5.91 Å². The standard InChI is InChI=1S/C18H21NO3/c1-19(10-3-11-20)18(22)16-8-6-15(7-9-16)17-5-2-4-14(12-17)13-21/h2,4-9,12,20-21H,3,10-11,13H2,1H3. The number of hydrogen-bond donors (Lipinski definition) is 2. The van der Waals surface area contributed by atoms with Gasteiger partial charge in [0.25, 0.3) is 5.91 Å². The quantitative estimate of drug-likeness (QED) is 0.860. The Kier molecular flexibility index (Phi) is 5.69. The van der Waals surface area contributed by atoms with Crippen molar-refractivity contribution in [3.8, 4) is 11.1 Å². The van der Waals surface area contributed by atoms with Gasteiger partial charge in [-0.05, 0) is 41.3 Å². The Labute approximate surface area is 130 Å². The molecule has 4 heteroatoms. The molecule has 2 aromatic carbocycles.